The second-order valence-corrected chi connectivity index (χ2v) is 6.46. The molecule has 0 aromatic carbocycles. The highest BCUT2D eigenvalue weighted by atomic mass is 32.1. The van der Waals surface area contributed by atoms with Crippen molar-refractivity contribution in [3.05, 3.63) is 0 Å². The Hall–Kier alpha value is -0.180. The third kappa shape index (κ3) is 19.8. The normalized spacial score (nSPS) is 10.8. The fraction of sp³-hybridized carbons (Fsp3) is 0.944. The summed E-state index contributed by atoms with van der Waals surface area (Å²) in [6.07, 6.45) is 18.7. The summed E-state index contributed by atoms with van der Waals surface area (Å²) < 4.78 is 4.91. The van der Waals surface area contributed by atoms with Gasteiger partial charge in [-0.3, -0.25) is 4.79 Å². The molecule has 0 amide bonds. The van der Waals surface area contributed by atoms with Gasteiger partial charge in [-0.05, 0) is 18.6 Å². The van der Waals surface area contributed by atoms with Gasteiger partial charge in [-0.2, -0.15) is 12.6 Å². The van der Waals surface area contributed by atoms with Crippen LogP contribution in [-0.2, 0) is 9.53 Å². The van der Waals surface area contributed by atoms with Gasteiger partial charge in [0, 0.05) is 6.92 Å². The highest BCUT2D eigenvalue weighted by Gasteiger charge is 1.95. The Balaban J connectivity index is 2.95. The number of ether oxygens (including phenoxy) is 1. The molecule has 0 bridgehead atoms. The SMILES string of the molecule is CC(=O)OCCCCCCCCCCCCCCCCS. The lowest BCUT2D eigenvalue weighted by Gasteiger charge is -2.03. The van der Waals surface area contributed by atoms with E-state index in [0.29, 0.717) is 6.61 Å². The highest BCUT2D eigenvalue weighted by Crippen LogP contribution is 2.13. The van der Waals surface area contributed by atoms with E-state index < -0.39 is 0 Å². The Morgan fingerprint density at radius 2 is 1.00 bits per heavy atom. The Kier molecular flexibility index (Phi) is 17.7. The molecule has 0 rings (SSSR count). The van der Waals surface area contributed by atoms with Crippen LogP contribution in [0.1, 0.15) is 96.8 Å². The molecule has 0 aliphatic rings. The lowest BCUT2D eigenvalue weighted by atomic mass is 10.0. The molecule has 3 heteroatoms. The Bertz CT molecular complexity index is 219. The van der Waals surface area contributed by atoms with Crippen molar-refractivity contribution >= 4 is 18.6 Å². The lowest BCUT2D eigenvalue weighted by Crippen LogP contribution is -2.00. The van der Waals surface area contributed by atoms with Gasteiger partial charge in [0.1, 0.15) is 0 Å². The molecular weight excluding hydrogens is 280 g/mol. The fourth-order valence-electron chi connectivity index (χ4n) is 2.55. The van der Waals surface area contributed by atoms with Gasteiger partial charge >= 0.3 is 5.97 Å². The van der Waals surface area contributed by atoms with Gasteiger partial charge in [0.05, 0.1) is 6.61 Å². The zero-order valence-electron chi connectivity index (χ0n) is 14.1. The molecule has 0 fully saturated rings. The molecule has 0 aliphatic heterocycles. The van der Waals surface area contributed by atoms with Gasteiger partial charge in [0.2, 0.25) is 0 Å². The van der Waals surface area contributed by atoms with Gasteiger partial charge in [0.25, 0.3) is 0 Å². The van der Waals surface area contributed by atoms with Crippen LogP contribution in [-0.4, -0.2) is 18.3 Å². The van der Waals surface area contributed by atoms with Gasteiger partial charge in [0.15, 0.2) is 0 Å². The summed E-state index contributed by atoms with van der Waals surface area (Å²) in [4.78, 5) is 10.6. The summed E-state index contributed by atoms with van der Waals surface area (Å²) in [5, 5.41) is 0. The van der Waals surface area contributed by atoms with E-state index in [0.717, 1.165) is 12.2 Å². The summed E-state index contributed by atoms with van der Waals surface area (Å²) >= 11 is 4.23. The van der Waals surface area contributed by atoms with Crippen LogP contribution >= 0.6 is 12.6 Å². The first-order valence-corrected chi connectivity index (χ1v) is 9.65. The van der Waals surface area contributed by atoms with Crippen molar-refractivity contribution in [1.29, 1.82) is 0 Å². The van der Waals surface area contributed by atoms with Gasteiger partial charge in [-0.1, -0.05) is 77.0 Å². The van der Waals surface area contributed by atoms with Gasteiger partial charge < -0.3 is 4.74 Å². The first-order chi connectivity index (χ1) is 10.3. The van der Waals surface area contributed by atoms with Crippen molar-refractivity contribution in [2.24, 2.45) is 0 Å². The summed E-state index contributed by atoms with van der Waals surface area (Å²) in [6, 6.07) is 0. The van der Waals surface area contributed by atoms with Crippen molar-refractivity contribution < 1.29 is 9.53 Å². The van der Waals surface area contributed by atoms with Crippen molar-refractivity contribution in [3.8, 4) is 0 Å². The number of thiol groups is 1. The molecule has 0 saturated carbocycles. The quantitative estimate of drug-likeness (QED) is 0.217. The Morgan fingerprint density at radius 3 is 1.33 bits per heavy atom. The molecule has 0 atom stereocenters. The molecule has 0 radical (unpaired) electrons. The van der Waals surface area contributed by atoms with Crippen LogP contribution in [0.15, 0.2) is 0 Å². The van der Waals surface area contributed by atoms with E-state index in [2.05, 4.69) is 12.6 Å². The number of rotatable bonds is 16. The van der Waals surface area contributed by atoms with E-state index in [9.17, 15) is 4.79 Å². The standard InChI is InChI=1S/C18H36O2S/c1-18(19)20-16-14-12-10-8-6-4-2-3-5-7-9-11-13-15-17-21/h21H,2-17H2,1H3. The first-order valence-electron chi connectivity index (χ1n) is 9.01. The monoisotopic (exact) mass is 316 g/mol. The maximum atomic E-state index is 10.6. The Labute approximate surface area is 137 Å². The molecule has 0 aliphatic carbocycles. The third-order valence-electron chi connectivity index (χ3n) is 3.86. The van der Waals surface area contributed by atoms with Crippen molar-refractivity contribution in [1.82, 2.24) is 0 Å². The third-order valence-corrected chi connectivity index (χ3v) is 4.17. The molecule has 0 heterocycles. The minimum Gasteiger partial charge on any atom is -0.466 e. The van der Waals surface area contributed by atoms with E-state index in [-0.39, 0.29) is 5.97 Å². The molecule has 126 valence electrons. The largest absolute Gasteiger partial charge is 0.466 e. The molecule has 0 spiro atoms. The highest BCUT2D eigenvalue weighted by molar-refractivity contribution is 7.80. The summed E-state index contributed by atoms with van der Waals surface area (Å²) in [5.74, 6) is 0.890. The van der Waals surface area contributed by atoms with Crippen LogP contribution < -0.4 is 0 Å². The van der Waals surface area contributed by atoms with E-state index >= 15 is 0 Å². The molecule has 0 aromatic heterocycles. The molecule has 21 heavy (non-hydrogen) atoms. The van der Waals surface area contributed by atoms with E-state index in [1.54, 1.807) is 0 Å². The van der Waals surface area contributed by atoms with E-state index in [4.69, 9.17) is 4.74 Å². The summed E-state index contributed by atoms with van der Waals surface area (Å²) in [7, 11) is 0. The fourth-order valence-corrected chi connectivity index (χ4v) is 2.77. The second kappa shape index (κ2) is 17.9. The first kappa shape index (κ1) is 20.8. The minimum absolute atomic E-state index is 0.156. The average Bonchev–Trinajstić information content (AvgIpc) is 2.46. The molecule has 0 N–H and O–H groups in total. The molecule has 0 aromatic rings. The molecule has 2 nitrogen and oxygen atoms in total. The zero-order chi connectivity index (χ0) is 15.6. The van der Waals surface area contributed by atoms with Gasteiger partial charge in [-0.15, -0.1) is 0 Å². The van der Waals surface area contributed by atoms with E-state index in [1.807, 2.05) is 0 Å². The van der Waals surface area contributed by atoms with Crippen molar-refractivity contribution in [2.45, 2.75) is 96.8 Å². The summed E-state index contributed by atoms with van der Waals surface area (Å²) in [5.41, 5.74) is 0. The van der Waals surface area contributed by atoms with Crippen LogP contribution in [0, 0.1) is 0 Å². The lowest BCUT2D eigenvalue weighted by molar-refractivity contribution is -0.141. The minimum atomic E-state index is -0.156. The number of carbonyl (C=O) groups excluding carboxylic acids is 1. The Morgan fingerprint density at radius 1 is 0.667 bits per heavy atom. The average molecular weight is 317 g/mol. The van der Waals surface area contributed by atoms with Crippen LogP contribution in [0.25, 0.3) is 0 Å². The zero-order valence-corrected chi connectivity index (χ0v) is 15.0. The second-order valence-electron chi connectivity index (χ2n) is 6.01. The van der Waals surface area contributed by atoms with Crippen LogP contribution in [0.2, 0.25) is 0 Å². The van der Waals surface area contributed by atoms with Crippen LogP contribution in [0.3, 0.4) is 0 Å². The number of hydrogen-bond acceptors (Lipinski definition) is 3. The summed E-state index contributed by atoms with van der Waals surface area (Å²) in [6.45, 7) is 2.07. The predicted molar refractivity (Wildman–Crippen MR) is 95.1 cm³/mol. The maximum absolute atomic E-state index is 10.6. The smallest absolute Gasteiger partial charge is 0.302 e. The molecular formula is C18H36O2S. The van der Waals surface area contributed by atoms with Crippen molar-refractivity contribution in [3.63, 3.8) is 0 Å². The van der Waals surface area contributed by atoms with E-state index in [1.165, 1.54) is 90.4 Å². The number of unbranched alkanes of at least 4 members (excludes halogenated alkanes) is 13. The molecule has 0 saturated heterocycles. The van der Waals surface area contributed by atoms with Crippen LogP contribution in [0.5, 0.6) is 0 Å². The topological polar surface area (TPSA) is 26.3 Å². The predicted octanol–water partition coefficient (Wildman–Crippen LogP) is 5.94. The number of carbonyl (C=O) groups is 1. The van der Waals surface area contributed by atoms with Gasteiger partial charge in [-0.25, -0.2) is 0 Å². The number of hydrogen-bond donors (Lipinski definition) is 1. The maximum Gasteiger partial charge on any atom is 0.302 e. The van der Waals surface area contributed by atoms with Crippen molar-refractivity contribution in [2.75, 3.05) is 12.4 Å². The number of esters is 1. The van der Waals surface area contributed by atoms with Crippen LogP contribution in [0.4, 0.5) is 0 Å². The molecule has 0 unspecified atom stereocenters.